The lowest BCUT2D eigenvalue weighted by Gasteiger charge is -2.21. The maximum Gasteiger partial charge on any atom is 0.272 e. The van der Waals surface area contributed by atoms with Crippen molar-refractivity contribution in [2.24, 2.45) is 0 Å². The number of aromatic nitrogens is 1. The molecule has 114 valence electrons. The summed E-state index contributed by atoms with van der Waals surface area (Å²) >= 11 is 0. The highest BCUT2D eigenvalue weighted by atomic mass is 16.5. The number of methoxy groups -OCH3 is 2. The molecule has 1 rings (SSSR count). The number of rotatable bonds is 7. The second-order valence-corrected chi connectivity index (χ2v) is 4.17. The van der Waals surface area contributed by atoms with Crippen LogP contribution in [0.2, 0.25) is 0 Å². The zero-order valence-electron chi connectivity index (χ0n) is 12.3. The maximum atomic E-state index is 12.4. The summed E-state index contributed by atoms with van der Waals surface area (Å²) in [7, 11) is 3.18. The number of carbonyl (C=O) groups excluding carboxylic acids is 1. The second kappa shape index (κ2) is 9.88. The highest BCUT2D eigenvalue weighted by molar-refractivity contribution is 5.92. The van der Waals surface area contributed by atoms with E-state index < -0.39 is 0 Å². The molecule has 0 spiro atoms. The molecule has 6 heteroatoms. The number of amides is 1. The van der Waals surface area contributed by atoms with Gasteiger partial charge in [0.15, 0.2) is 0 Å². The molecular formula is C15H20N2O4. The fourth-order valence-corrected chi connectivity index (χ4v) is 1.62. The van der Waals surface area contributed by atoms with Gasteiger partial charge >= 0.3 is 0 Å². The Hall–Kier alpha value is -1.94. The van der Waals surface area contributed by atoms with Crippen LogP contribution in [-0.4, -0.2) is 68.0 Å². The van der Waals surface area contributed by atoms with Crippen LogP contribution in [0.25, 0.3) is 0 Å². The summed E-state index contributed by atoms with van der Waals surface area (Å²) < 4.78 is 10.0. The van der Waals surface area contributed by atoms with Gasteiger partial charge in [-0.05, 0) is 12.1 Å². The fourth-order valence-electron chi connectivity index (χ4n) is 1.62. The van der Waals surface area contributed by atoms with Gasteiger partial charge in [0.25, 0.3) is 5.91 Å². The minimum atomic E-state index is -0.206. The zero-order valence-corrected chi connectivity index (χ0v) is 12.3. The Kier molecular flexibility index (Phi) is 8.05. The highest BCUT2D eigenvalue weighted by Gasteiger charge is 2.16. The van der Waals surface area contributed by atoms with Gasteiger partial charge in [-0.15, -0.1) is 0 Å². The minimum Gasteiger partial charge on any atom is -0.384 e. The number of aliphatic hydroxyl groups is 1. The first-order chi connectivity index (χ1) is 10.2. The number of nitrogens with zero attached hydrogens (tertiary/aromatic N) is 2. The van der Waals surface area contributed by atoms with E-state index in [0.717, 1.165) is 0 Å². The molecular weight excluding hydrogens is 272 g/mol. The molecule has 1 amide bonds. The molecule has 0 bridgehead atoms. The molecule has 1 aromatic rings. The van der Waals surface area contributed by atoms with Gasteiger partial charge in [0.1, 0.15) is 12.3 Å². The standard InChI is InChI=1S/C15H20N2O4/c1-20-10-7-17(8-11-21-2)15(19)14-6-5-13(12-16-14)4-3-9-18/h5-6,12,18H,7-11H2,1-2H3. The first kappa shape index (κ1) is 17.1. The average molecular weight is 292 g/mol. The van der Waals surface area contributed by atoms with E-state index in [-0.39, 0.29) is 12.5 Å². The van der Waals surface area contributed by atoms with Crippen LogP contribution in [0, 0.1) is 11.8 Å². The highest BCUT2D eigenvalue weighted by Crippen LogP contribution is 2.04. The van der Waals surface area contributed by atoms with Crippen LogP contribution in [0.3, 0.4) is 0 Å². The Morgan fingerprint density at radius 3 is 2.43 bits per heavy atom. The molecule has 0 aliphatic carbocycles. The molecule has 1 heterocycles. The van der Waals surface area contributed by atoms with Crippen molar-refractivity contribution in [2.45, 2.75) is 0 Å². The largest absolute Gasteiger partial charge is 0.384 e. The van der Waals surface area contributed by atoms with Crippen molar-refractivity contribution in [1.82, 2.24) is 9.88 Å². The Morgan fingerprint density at radius 1 is 1.29 bits per heavy atom. The van der Waals surface area contributed by atoms with Crippen molar-refractivity contribution in [1.29, 1.82) is 0 Å². The molecule has 6 nitrogen and oxygen atoms in total. The Morgan fingerprint density at radius 2 is 1.95 bits per heavy atom. The third-order valence-corrected chi connectivity index (χ3v) is 2.71. The van der Waals surface area contributed by atoms with Gasteiger partial charge in [0, 0.05) is 39.1 Å². The van der Waals surface area contributed by atoms with Gasteiger partial charge in [0.05, 0.1) is 13.2 Å². The lowest BCUT2D eigenvalue weighted by Crippen LogP contribution is -2.36. The molecule has 1 N–H and O–H groups in total. The summed E-state index contributed by atoms with van der Waals surface area (Å²) in [6.07, 6.45) is 1.51. The summed E-state index contributed by atoms with van der Waals surface area (Å²) in [4.78, 5) is 18.1. The Bertz CT molecular complexity index is 483. The van der Waals surface area contributed by atoms with E-state index in [4.69, 9.17) is 14.6 Å². The molecule has 0 aromatic carbocycles. The van der Waals surface area contributed by atoms with Crippen molar-refractivity contribution < 1.29 is 19.4 Å². The van der Waals surface area contributed by atoms with Crippen LogP contribution in [0.5, 0.6) is 0 Å². The summed E-state index contributed by atoms with van der Waals surface area (Å²) in [6, 6.07) is 3.32. The monoisotopic (exact) mass is 292 g/mol. The van der Waals surface area contributed by atoms with Crippen LogP contribution in [0.1, 0.15) is 16.1 Å². The van der Waals surface area contributed by atoms with Crippen molar-refractivity contribution >= 4 is 5.91 Å². The van der Waals surface area contributed by atoms with Crippen molar-refractivity contribution in [3.05, 3.63) is 29.6 Å². The SMILES string of the molecule is COCCN(CCOC)C(=O)c1ccc(C#CCO)cn1. The number of hydrogen-bond acceptors (Lipinski definition) is 5. The van der Waals surface area contributed by atoms with Crippen LogP contribution in [-0.2, 0) is 9.47 Å². The summed E-state index contributed by atoms with van der Waals surface area (Å²) in [6.45, 7) is 1.66. The first-order valence-electron chi connectivity index (χ1n) is 6.55. The summed E-state index contributed by atoms with van der Waals surface area (Å²) in [5, 5.41) is 8.63. The van der Waals surface area contributed by atoms with Gasteiger partial charge in [-0.3, -0.25) is 4.79 Å². The Labute approximate surface area is 124 Å². The molecule has 0 aliphatic rings. The number of aliphatic hydroxyl groups excluding tert-OH is 1. The van der Waals surface area contributed by atoms with Crippen LogP contribution in [0.4, 0.5) is 0 Å². The van der Waals surface area contributed by atoms with E-state index in [1.54, 1.807) is 31.3 Å². The molecule has 21 heavy (non-hydrogen) atoms. The number of carbonyl (C=O) groups is 1. The number of hydrogen-bond donors (Lipinski definition) is 1. The Balaban J connectivity index is 2.77. The molecule has 0 radical (unpaired) electrons. The number of ether oxygens (including phenoxy) is 2. The van der Waals surface area contributed by atoms with Crippen molar-refractivity contribution in [2.75, 3.05) is 47.1 Å². The summed E-state index contributed by atoms with van der Waals surface area (Å²) in [5.41, 5.74) is 0.998. The maximum absolute atomic E-state index is 12.4. The van der Waals surface area contributed by atoms with Crippen molar-refractivity contribution in [3.63, 3.8) is 0 Å². The third-order valence-electron chi connectivity index (χ3n) is 2.71. The van der Waals surface area contributed by atoms with Gasteiger partial charge in [-0.25, -0.2) is 4.98 Å². The smallest absolute Gasteiger partial charge is 0.272 e. The predicted molar refractivity (Wildman–Crippen MR) is 77.9 cm³/mol. The number of pyridine rings is 1. The van der Waals surface area contributed by atoms with E-state index in [9.17, 15) is 4.79 Å². The van der Waals surface area contributed by atoms with E-state index in [0.29, 0.717) is 37.6 Å². The molecule has 0 saturated carbocycles. The molecule has 0 fully saturated rings. The van der Waals surface area contributed by atoms with E-state index in [2.05, 4.69) is 16.8 Å². The normalized spacial score (nSPS) is 9.86. The van der Waals surface area contributed by atoms with Crippen LogP contribution >= 0.6 is 0 Å². The van der Waals surface area contributed by atoms with Gasteiger partial charge in [-0.2, -0.15) is 0 Å². The molecule has 0 saturated heterocycles. The predicted octanol–water partition coefficient (Wildman–Crippen LogP) is 0.160. The molecule has 0 atom stereocenters. The van der Waals surface area contributed by atoms with E-state index in [1.165, 1.54) is 6.20 Å². The van der Waals surface area contributed by atoms with Gasteiger partial charge in [0.2, 0.25) is 0 Å². The lowest BCUT2D eigenvalue weighted by molar-refractivity contribution is 0.0622. The summed E-state index contributed by atoms with van der Waals surface area (Å²) in [5.74, 6) is 5.08. The van der Waals surface area contributed by atoms with Gasteiger partial charge in [-0.1, -0.05) is 11.8 Å². The van der Waals surface area contributed by atoms with Crippen LogP contribution in [0.15, 0.2) is 18.3 Å². The van der Waals surface area contributed by atoms with Gasteiger partial charge < -0.3 is 19.5 Å². The molecule has 0 unspecified atom stereocenters. The van der Waals surface area contributed by atoms with Crippen molar-refractivity contribution in [3.8, 4) is 11.8 Å². The fraction of sp³-hybridized carbons (Fsp3) is 0.467. The quantitative estimate of drug-likeness (QED) is 0.725. The second-order valence-electron chi connectivity index (χ2n) is 4.17. The minimum absolute atomic E-state index is 0.175. The van der Waals surface area contributed by atoms with E-state index >= 15 is 0 Å². The zero-order chi connectivity index (χ0) is 15.5. The molecule has 1 aromatic heterocycles. The average Bonchev–Trinajstić information content (AvgIpc) is 2.53. The first-order valence-corrected chi connectivity index (χ1v) is 6.55. The lowest BCUT2D eigenvalue weighted by atomic mass is 10.2. The molecule has 0 aliphatic heterocycles. The third kappa shape index (κ3) is 5.92. The van der Waals surface area contributed by atoms with Crippen LogP contribution < -0.4 is 0 Å². The van der Waals surface area contributed by atoms with E-state index in [1.807, 2.05) is 0 Å². The topological polar surface area (TPSA) is 71.9 Å².